The molecule has 2 aromatic rings. The van der Waals surface area contributed by atoms with Crippen LogP contribution in [-0.2, 0) is 6.18 Å². The van der Waals surface area contributed by atoms with E-state index in [1.54, 1.807) is 18.5 Å². The number of nitrogens with zero attached hydrogens (tertiary/aromatic N) is 2. The molecule has 0 aliphatic rings. The van der Waals surface area contributed by atoms with Gasteiger partial charge in [0.2, 0.25) is 0 Å². The fourth-order valence-electron chi connectivity index (χ4n) is 1.39. The Morgan fingerprint density at radius 3 is 2.78 bits per heavy atom. The number of hydrogen-bond acceptors (Lipinski definition) is 4. The number of nitrogens with one attached hydrogen (secondary N) is 1. The van der Waals surface area contributed by atoms with Crippen LogP contribution in [0.25, 0.3) is 0 Å². The van der Waals surface area contributed by atoms with Gasteiger partial charge in [0.1, 0.15) is 10.0 Å². The number of alkyl halides is 3. The van der Waals surface area contributed by atoms with Gasteiger partial charge in [0, 0.05) is 22.4 Å². The topological polar surface area (TPSA) is 41.6 Å². The van der Waals surface area contributed by atoms with Crippen LogP contribution in [0.1, 0.15) is 23.4 Å². The molecule has 0 aliphatic carbocycles. The summed E-state index contributed by atoms with van der Waals surface area (Å²) in [5.41, 5.74) is -0.937. The van der Waals surface area contributed by atoms with Crippen LogP contribution in [0.2, 0.25) is 5.15 Å². The highest BCUT2D eigenvalue weighted by Crippen LogP contribution is 2.43. The number of aromatic amines is 1. The maximum Gasteiger partial charge on any atom is 0.433 e. The summed E-state index contributed by atoms with van der Waals surface area (Å²) in [6.45, 7) is 1.64. The second kappa shape index (κ2) is 5.10. The van der Waals surface area contributed by atoms with Crippen LogP contribution in [0.3, 0.4) is 0 Å². The molecule has 0 fully saturated rings. The standard InChI is InChI=1S/C9H7ClF3N3S2/c1-4(18-8-14-2-3-17-8)5-6(9(11,12)13)15-16-7(5)10/h2-4H,1H3,(H,15,16). The molecule has 0 bridgehead atoms. The van der Waals surface area contributed by atoms with Crippen LogP contribution in [0.15, 0.2) is 15.9 Å². The number of rotatable bonds is 3. The number of hydrogen-bond donors (Lipinski definition) is 1. The van der Waals surface area contributed by atoms with Crippen LogP contribution in [-0.4, -0.2) is 15.2 Å². The van der Waals surface area contributed by atoms with E-state index < -0.39 is 17.1 Å². The Kier molecular flexibility index (Phi) is 3.88. The SMILES string of the molecule is CC(Sc1nccs1)c1c(Cl)n[nH]c1C(F)(F)F. The van der Waals surface area contributed by atoms with Gasteiger partial charge in [0.05, 0.1) is 0 Å². The molecule has 0 amide bonds. The molecule has 0 saturated carbocycles. The fourth-order valence-corrected chi connectivity index (χ4v) is 3.71. The molecule has 0 radical (unpaired) electrons. The second-order valence-electron chi connectivity index (χ2n) is 3.36. The average molecular weight is 314 g/mol. The largest absolute Gasteiger partial charge is 0.433 e. The maximum atomic E-state index is 12.7. The molecule has 2 rings (SSSR count). The van der Waals surface area contributed by atoms with Gasteiger partial charge in [0.15, 0.2) is 5.15 Å². The summed E-state index contributed by atoms with van der Waals surface area (Å²) in [7, 11) is 0. The van der Waals surface area contributed by atoms with Gasteiger partial charge in [-0.2, -0.15) is 18.3 Å². The molecule has 18 heavy (non-hydrogen) atoms. The van der Waals surface area contributed by atoms with E-state index in [2.05, 4.69) is 10.1 Å². The van der Waals surface area contributed by atoms with Crippen LogP contribution >= 0.6 is 34.7 Å². The van der Waals surface area contributed by atoms with Gasteiger partial charge in [-0.3, -0.25) is 5.10 Å². The first-order valence-electron chi connectivity index (χ1n) is 4.76. The van der Waals surface area contributed by atoms with Crippen molar-refractivity contribution in [3.8, 4) is 0 Å². The summed E-state index contributed by atoms with van der Waals surface area (Å²) >= 11 is 8.29. The molecule has 1 N–H and O–H groups in total. The smallest absolute Gasteiger partial charge is 0.272 e. The van der Waals surface area contributed by atoms with E-state index >= 15 is 0 Å². The van der Waals surface area contributed by atoms with Crippen molar-refractivity contribution in [3.63, 3.8) is 0 Å². The average Bonchev–Trinajstić information content (AvgIpc) is 2.85. The minimum absolute atomic E-state index is 0.0376. The Balaban J connectivity index is 2.30. The molecule has 2 heterocycles. The maximum absolute atomic E-state index is 12.7. The lowest BCUT2D eigenvalue weighted by Crippen LogP contribution is -2.09. The summed E-state index contributed by atoms with van der Waals surface area (Å²) < 4.78 is 38.9. The Morgan fingerprint density at radius 2 is 2.22 bits per heavy atom. The lowest BCUT2D eigenvalue weighted by atomic mass is 10.2. The van der Waals surface area contributed by atoms with E-state index in [-0.39, 0.29) is 10.7 Å². The van der Waals surface area contributed by atoms with Crippen LogP contribution < -0.4 is 0 Å². The lowest BCUT2D eigenvalue weighted by molar-refractivity contribution is -0.141. The molecule has 9 heteroatoms. The minimum Gasteiger partial charge on any atom is -0.272 e. The Hall–Kier alpha value is -0.730. The third-order valence-electron chi connectivity index (χ3n) is 2.13. The number of halogens is 4. The van der Waals surface area contributed by atoms with Crippen LogP contribution in [0.5, 0.6) is 0 Å². The molecule has 1 atom stereocenters. The quantitative estimate of drug-likeness (QED) is 0.854. The van der Waals surface area contributed by atoms with E-state index in [4.69, 9.17) is 11.6 Å². The first kappa shape index (κ1) is 13.7. The van der Waals surface area contributed by atoms with Crippen LogP contribution in [0, 0.1) is 0 Å². The number of thioether (sulfide) groups is 1. The molecule has 2 aromatic heterocycles. The molecule has 0 aliphatic heterocycles. The van der Waals surface area contributed by atoms with Crippen molar-refractivity contribution in [2.24, 2.45) is 0 Å². The zero-order valence-electron chi connectivity index (χ0n) is 8.95. The molecular weight excluding hydrogens is 307 g/mol. The molecule has 0 spiro atoms. The Morgan fingerprint density at radius 1 is 1.50 bits per heavy atom. The van der Waals surface area contributed by atoms with Gasteiger partial charge in [0.25, 0.3) is 0 Å². The van der Waals surface area contributed by atoms with Crippen molar-refractivity contribution < 1.29 is 13.2 Å². The molecule has 0 aromatic carbocycles. The van der Waals surface area contributed by atoms with Crippen molar-refractivity contribution in [2.45, 2.75) is 22.7 Å². The van der Waals surface area contributed by atoms with Gasteiger partial charge in [-0.25, -0.2) is 4.98 Å². The van der Waals surface area contributed by atoms with E-state index in [1.807, 2.05) is 5.10 Å². The summed E-state index contributed by atoms with van der Waals surface area (Å²) in [6.07, 6.45) is -2.89. The number of H-pyrrole nitrogens is 1. The minimum atomic E-state index is -4.49. The third-order valence-corrected chi connectivity index (χ3v) is 4.46. The lowest BCUT2D eigenvalue weighted by Gasteiger charge is -2.12. The molecular formula is C9H7ClF3N3S2. The summed E-state index contributed by atoms with van der Waals surface area (Å²) in [6, 6.07) is 0. The van der Waals surface area contributed by atoms with E-state index in [0.717, 1.165) is 0 Å². The normalized spacial score (nSPS) is 13.8. The zero-order chi connectivity index (χ0) is 13.3. The Bertz CT molecular complexity index is 524. The molecule has 0 saturated heterocycles. The second-order valence-corrected chi connectivity index (χ2v) is 6.20. The van der Waals surface area contributed by atoms with Gasteiger partial charge >= 0.3 is 6.18 Å². The van der Waals surface area contributed by atoms with E-state index in [0.29, 0.717) is 4.34 Å². The third kappa shape index (κ3) is 2.81. The predicted octanol–water partition coefficient (Wildman–Crippen LogP) is 4.39. The van der Waals surface area contributed by atoms with Gasteiger partial charge in [-0.15, -0.1) is 11.3 Å². The van der Waals surface area contributed by atoms with Crippen molar-refractivity contribution in [3.05, 3.63) is 28.0 Å². The van der Waals surface area contributed by atoms with Crippen LogP contribution in [0.4, 0.5) is 13.2 Å². The first-order valence-corrected chi connectivity index (χ1v) is 6.90. The first-order chi connectivity index (χ1) is 8.39. The molecule has 1 unspecified atom stereocenters. The summed E-state index contributed by atoms with van der Waals surface area (Å²) in [5.74, 6) is 0. The van der Waals surface area contributed by atoms with Gasteiger partial charge in [-0.05, 0) is 6.92 Å². The Labute approximate surface area is 114 Å². The summed E-state index contributed by atoms with van der Waals surface area (Å²) in [5, 5.41) is 6.48. The number of aromatic nitrogens is 3. The van der Waals surface area contributed by atoms with Gasteiger partial charge < -0.3 is 0 Å². The van der Waals surface area contributed by atoms with Crippen molar-refractivity contribution in [1.82, 2.24) is 15.2 Å². The number of thiazole rings is 1. The molecule has 98 valence electrons. The van der Waals surface area contributed by atoms with E-state index in [1.165, 1.54) is 23.1 Å². The monoisotopic (exact) mass is 313 g/mol. The highest BCUT2D eigenvalue weighted by Gasteiger charge is 2.38. The van der Waals surface area contributed by atoms with Crippen molar-refractivity contribution in [1.29, 1.82) is 0 Å². The fraction of sp³-hybridized carbons (Fsp3) is 0.333. The summed E-state index contributed by atoms with van der Waals surface area (Å²) in [4.78, 5) is 4.01. The highest BCUT2D eigenvalue weighted by atomic mass is 35.5. The van der Waals surface area contributed by atoms with Crippen molar-refractivity contribution >= 4 is 34.7 Å². The van der Waals surface area contributed by atoms with E-state index in [9.17, 15) is 13.2 Å². The predicted molar refractivity (Wildman–Crippen MR) is 65.0 cm³/mol. The van der Waals surface area contributed by atoms with Crippen molar-refractivity contribution in [2.75, 3.05) is 0 Å². The molecule has 3 nitrogen and oxygen atoms in total. The highest BCUT2D eigenvalue weighted by molar-refractivity contribution is 8.01. The van der Waals surface area contributed by atoms with Gasteiger partial charge in [-0.1, -0.05) is 23.4 Å². The zero-order valence-corrected chi connectivity index (χ0v) is 11.3.